The molecule has 0 aromatic carbocycles. The van der Waals surface area contributed by atoms with Crippen LogP contribution in [0.2, 0.25) is 0 Å². The Balaban J connectivity index is 1.92. The van der Waals surface area contributed by atoms with Crippen LogP contribution in [0.5, 0.6) is 0 Å². The lowest BCUT2D eigenvalue weighted by Gasteiger charge is -2.20. The number of carbonyl (C=O) groups is 1. The van der Waals surface area contributed by atoms with E-state index in [1.807, 2.05) is 16.8 Å². The number of carbonyl (C=O) groups excluding carboxylic acids is 1. The maximum absolute atomic E-state index is 11.8. The van der Waals surface area contributed by atoms with Crippen molar-refractivity contribution in [1.82, 2.24) is 5.32 Å². The van der Waals surface area contributed by atoms with Crippen molar-refractivity contribution in [3.8, 4) is 0 Å². The lowest BCUT2D eigenvalue weighted by atomic mass is 10.0. The van der Waals surface area contributed by atoms with Crippen LogP contribution in [0.1, 0.15) is 12.5 Å². The van der Waals surface area contributed by atoms with Gasteiger partial charge in [0, 0.05) is 17.8 Å². The van der Waals surface area contributed by atoms with Gasteiger partial charge >= 0.3 is 5.97 Å². The Bertz CT molecular complexity index is 454. The molecule has 17 heavy (non-hydrogen) atoms. The van der Waals surface area contributed by atoms with Crippen LogP contribution >= 0.6 is 23.6 Å². The van der Waals surface area contributed by atoms with Crippen molar-refractivity contribution in [2.45, 2.75) is 13.5 Å². The molecule has 1 atom stereocenters. The van der Waals surface area contributed by atoms with Gasteiger partial charge in [-0.1, -0.05) is 0 Å². The number of hydrogen-bond donors (Lipinski definition) is 1. The zero-order valence-electron chi connectivity index (χ0n) is 9.30. The Labute approximate surface area is 109 Å². The van der Waals surface area contributed by atoms with Crippen molar-refractivity contribution in [3.63, 3.8) is 0 Å². The lowest BCUT2D eigenvalue weighted by Crippen LogP contribution is -2.41. The first-order valence-electron chi connectivity index (χ1n) is 5.17. The summed E-state index contributed by atoms with van der Waals surface area (Å²) in [6.45, 7) is 2.58. The van der Waals surface area contributed by atoms with E-state index < -0.39 is 0 Å². The lowest BCUT2D eigenvalue weighted by molar-refractivity contribution is -0.147. The zero-order valence-corrected chi connectivity index (χ0v) is 10.9. The third-order valence-electron chi connectivity index (χ3n) is 2.49. The summed E-state index contributed by atoms with van der Waals surface area (Å²) >= 11 is 6.49. The second-order valence-electron chi connectivity index (χ2n) is 3.73. The first-order valence-corrected chi connectivity index (χ1v) is 6.52. The predicted octanol–water partition coefficient (Wildman–Crippen LogP) is 1.76. The van der Waals surface area contributed by atoms with Crippen molar-refractivity contribution in [1.29, 1.82) is 0 Å². The van der Waals surface area contributed by atoms with Gasteiger partial charge in [-0.25, -0.2) is 4.99 Å². The van der Waals surface area contributed by atoms with Crippen LogP contribution in [0.15, 0.2) is 21.8 Å². The van der Waals surface area contributed by atoms with Gasteiger partial charge in [0.1, 0.15) is 12.5 Å². The summed E-state index contributed by atoms with van der Waals surface area (Å²) in [5, 5.41) is 7.23. The minimum absolute atomic E-state index is 0.257. The molecule has 0 amide bonds. The van der Waals surface area contributed by atoms with Crippen molar-refractivity contribution >= 4 is 40.3 Å². The van der Waals surface area contributed by atoms with Gasteiger partial charge < -0.3 is 10.1 Å². The SMILES string of the molecule is CC1=NC(=S)NCC1C(=O)OCc1ccsc1. The Hall–Kier alpha value is -1.27. The highest BCUT2D eigenvalue weighted by Crippen LogP contribution is 2.11. The summed E-state index contributed by atoms with van der Waals surface area (Å²) in [6.07, 6.45) is 0. The highest BCUT2D eigenvalue weighted by atomic mass is 32.1. The molecule has 2 rings (SSSR count). The summed E-state index contributed by atoms with van der Waals surface area (Å²) in [6, 6.07) is 1.94. The van der Waals surface area contributed by atoms with E-state index in [0.717, 1.165) is 5.56 Å². The summed E-state index contributed by atoms with van der Waals surface area (Å²) in [7, 11) is 0. The first-order chi connectivity index (χ1) is 8.16. The Morgan fingerprint density at radius 2 is 2.59 bits per heavy atom. The first kappa shape index (κ1) is 12.2. The van der Waals surface area contributed by atoms with Crippen LogP contribution in [-0.4, -0.2) is 23.3 Å². The molecule has 1 aliphatic heterocycles. The van der Waals surface area contributed by atoms with Crippen LogP contribution in [0, 0.1) is 5.92 Å². The van der Waals surface area contributed by atoms with Crippen LogP contribution < -0.4 is 5.32 Å². The average molecular weight is 268 g/mol. The van der Waals surface area contributed by atoms with Gasteiger partial charge in [-0.05, 0) is 36.0 Å². The number of hydrogen-bond acceptors (Lipinski definition) is 4. The number of rotatable bonds is 3. The monoisotopic (exact) mass is 268 g/mol. The topological polar surface area (TPSA) is 50.7 Å². The number of nitrogens with one attached hydrogen (secondary N) is 1. The highest BCUT2D eigenvalue weighted by molar-refractivity contribution is 7.80. The molecular weight excluding hydrogens is 256 g/mol. The number of thiophene rings is 1. The van der Waals surface area contributed by atoms with E-state index in [2.05, 4.69) is 10.3 Å². The quantitative estimate of drug-likeness (QED) is 0.670. The van der Waals surface area contributed by atoms with Gasteiger partial charge in [-0.2, -0.15) is 11.3 Å². The Morgan fingerprint density at radius 3 is 3.24 bits per heavy atom. The van der Waals surface area contributed by atoms with E-state index >= 15 is 0 Å². The number of aliphatic imine (C=N–C) groups is 1. The summed E-state index contributed by atoms with van der Waals surface area (Å²) < 4.78 is 5.24. The summed E-state index contributed by atoms with van der Waals surface area (Å²) in [5.74, 6) is -0.590. The molecule has 0 saturated carbocycles. The second kappa shape index (κ2) is 5.37. The highest BCUT2D eigenvalue weighted by Gasteiger charge is 2.26. The number of esters is 1. The van der Waals surface area contributed by atoms with Crippen molar-refractivity contribution in [3.05, 3.63) is 22.4 Å². The number of thiocarbonyl (C=S) groups is 1. The van der Waals surface area contributed by atoms with Gasteiger partial charge in [0.2, 0.25) is 0 Å². The van der Waals surface area contributed by atoms with E-state index in [9.17, 15) is 4.79 Å². The average Bonchev–Trinajstić information content (AvgIpc) is 2.78. The maximum Gasteiger partial charge on any atom is 0.316 e. The van der Waals surface area contributed by atoms with E-state index in [1.165, 1.54) is 0 Å². The number of nitrogens with zero attached hydrogens (tertiary/aromatic N) is 1. The van der Waals surface area contributed by atoms with Crippen molar-refractivity contribution < 1.29 is 9.53 Å². The molecule has 1 N–H and O–H groups in total. The minimum atomic E-state index is -0.333. The molecule has 90 valence electrons. The third kappa shape index (κ3) is 3.10. The van der Waals surface area contributed by atoms with Gasteiger partial charge in [0.15, 0.2) is 5.11 Å². The summed E-state index contributed by atoms with van der Waals surface area (Å²) in [5.41, 5.74) is 1.72. The third-order valence-corrected chi connectivity index (χ3v) is 3.45. The molecule has 2 heterocycles. The van der Waals surface area contributed by atoms with Crippen LogP contribution in [0.4, 0.5) is 0 Å². The molecule has 0 saturated heterocycles. The minimum Gasteiger partial charge on any atom is -0.460 e. The van der Waals surface area contributed by atoms with Gasteiger partial charge in [-0.15, -0.1) is 0 Å². The molecule has 1 aromatic rings. The Kier molecular flexibility index (Phi) is 3.86. The molecule has 0 spiro atoms. The molecule has 1 unspecified atom stereocenters. The molecule has 6 heteroatoms. The van der Waals surface area contributed by atoms with E-state index in [4.69, 9.17) is 17.0 Å². The molecule has 4 nitrogen and oxygen atoms in total. The van der Waals surface area contributed by atoms with Gasteiger partial charge in [-0.3, -0.25) is 4.79 Å². The molecule has 1 aromatic heterocycles. The molecular formula is C11H12N2O2S2. The van der Waals surface area contributed by atoms with E-state index in [0.29, 0.717) is 24.0 Å². The fraction of sp³-hybridized carbons (Fsp3) is 0.364. The van der Waals surface area contributed by atoms with Gasteiger partial charge in [0.05, 0.1) is 0 Å². The van der Waals surface area contributed by atoms with E-state index in [-0.39, 0.29) is 11.9 Å². The van der Waals surface area contributed by atoms with Crippen LogP contribution in [0.3, 0.4) is 0 Å². The van der Waals surface area contributed by atoms with Gasteiger partial charge in [0.25, 0.3) is 0 Å². The predicted molar refractivity (Wildman–Crippen MR) is 71.3 cm³/mol. The fourth-order valence-electron chi connectivity index (χ4n) is 1.50. The standard InChI is InChI=1S/C11H12N2O2S2/c1-7-9(4-12-11(16)13-7)10(14)15-5-8-2-3-17-6-8/h2-3,6,9H,4-5H2,1H3,(H,12,16). The summed E-state index contributed by atoms with van der Waals surface area (Å²) in [4.78, 5) is 15.9. The molecule has 0 fully saturated rings. The van der Waals surface area contributed by atoms with Crippen LogP contribution in [-0.2, 0) is 16.1 Å². The molecule has 0 radical (unpaired) electrons. The molecule has 0 bridgehead atoms. The van der Waals surface area contributed by atoms with Crippen molar-refractivity contribution in [2.75, 3.05) is 6.54 Å². The normalized spacial score (nSPS) is 19.5. The largest absolute Gasteiger partial charge is 0.460 e. The Morgan fingerprint density at radius 1 is 1.76 bits per heavy atom. The zero-order chi connectivity index (χ0) is 12.3. The number of ether oxygens (including phenoxy) is 1. The smallest absolute Gasteiger partial charge is 0.316 e. The van der Waals surface area contributed by atoms with E-state index in [1.54, 1.807) is 18.3 Å². The molecule has 0 aliphatic carbocycles. The van der Waals surface area contributed by atoms with Crippen LogP contribution in [0.25, 0.3) is 0 Å². The maximum atomic E-state index is 11.8. The van der Waals surface area contributed by atoms with Crippen molar-refractivity contribution in [2.24, 2.45) is 10.9 Å². The fourth-order valence-corrected chi connectivity index (χ4v) is 2.38. The molecule has 1 aliphatic rings. The second-order valence-corrected chi connectivity index (χ2v) is 4.90.